The van der Waals surface area contributed by atoms with E-state index >= 15 is 0 Å². The molecule has 0 atom stereocenters. The molecule has 1 aromatic heterocycles. The molecule has 2 rings (SSSR count). The number of nitrogens with zero attached hydrogens (tertiary/aromatic N) is 2. The molecule has 0 bridgehead atoms. The van der Waals surface area contributed by atoms with Crippen LogP contribution >= 0.6 is 15.9 Å². The number of benzene rings is 1. The summed E-state index contributed by atoms with van der Waals surface area (Å²) in [5.74, 6) is 1.35. The van der Waals surface area contributed by atoms with Crippen LogP contribution in [-0.4, -0.2) is 9.97 Å². The monoisotopic (exact) mass is 338 g/mol. The van der Waals surface area contributed by atoms with E-state index in [1.807, 2.05) is 13.8 Å². The lowest BCUT2D eigenvalue weighted by Gasteiger charge is -2.14. The van der Waals surface area contributed by atoms with Gasteiger partial charge in [-0.05, 0) is 25.1 Å². The van der Waals surface area contributed by atoms with Gasteiger partial charge in [0.05, 0.1) is 5.69 Å². The highest BCUT2D eigenvalue weighted by molar-refractivity contribution is 9.10. The predicted molar refractivity (Wildman–Crippen MR) is 82.7 cm³/mol. The minimum Gasteiger partial charge on any atom is -0.383 e. The van der Waals surface area contributed by atoms with Gasteiger partial charge in [0.15, 0.2) is 0 Å². The van der Waals surface area contributed by atoms with Crippen molar-refractivity contribution >= 4 is 33.3 Å². The van der Waals surface area contributed by atoms with Gasteiger partial charge in [-0.3, -0.25) is 0 Å². The molecule has 1 heterocycles. The lowest BCUT2D eigenvalue weighted by molar-refractivity contribution is 0.631. The van der Waals surface area contributed by atoms with Crippen LogP contribution in [0.15, 0.2) is 22.7 Å². The van der Waals surface area contributed by atoms with E-state index in [9.17, 15) is 4.39 Å². The Morgan fingerprint density at radius 3 is 2.65 bits per heavy atom. The summed E-state index contributed by atoms with van der Waals surface area (Å²) in [7, 11) is 0. The van der Waals surface area contributed by atoms with Crippen LogP contribution in [0.1, 0.15) is 31.2 Å². The van der Waals surface area contributed by atoms with Gasteiger partial charge in [-0.2, -0.15) is 0 Å². The van der Waals surface area contributed by atoms with Crippen LogP contribution in [0, 0.1) is 12.7 Å². The minimum absolute atomic E-state index is 0.144. The molecule has 2 aromatic rings. The van der Waals surface area contributed by atoms with Crippen LogP contribution in [0.3, 0.4) is 0 Å². The molecular formula is C14H16BrFN4. The van der Waals surface area contributed by atoms with Crippen molar-refractivity contribution in [2.45, 2.75) is 26.7 Å². The molecule has 0 aliphatic rings. The number of rotatable bonds is 3. The van der Waals surface area contributed by atoms with Crippen molar-refractivity contribution in [2.24, 2.45) is 0 Å². The Bertz CT molecular complexity index is 643. The Balaban J connectivity index is 2.45. The summed E-state index contributed by atoms with van der Waals surface area (Å²) in [5, 5.41) is 2.98. The topological polar surface area (TPSA) is 63.8 Å². The molecule has 0 saturated carbocycles. The number of nitrogens with two attached hydrogens (primary N) is 1. The van der Waals surface area contributed by atoms with Crippen molar-refractivity contribution in [1.29, 1.82) is 0 Å². The van der Waals surface area contributed by atoms with Gasteiger partial charge in [-0.15, -0.1) is 0 Å². The molecule has 0 aliphatic carbocycles. The smallest absolute Gasteiger partial charge is 0.146 e. The Morgan fingerprint density at radius 1 is 1.30 bits per heavy atom. The quantitative estimate of drug-likeness (QED) is 0.882. The summed E-state index contributed by atoms with van der Waals surface area (Å²) < 4.78 is 14.6. The second kappa shape index (κ2) is 5.75. The van der Waals surface area contributed by atoms with Gasteiger partial charge in [0.2, 0.25) is 0 Å². The van der Waals surface area contributed by atoms with Crippen LogP contribution in [0.2, 0.25) is 0 Å². The molecule has 20 heavy (non-hydrogen) atoms. The summed E-state index contributed by atoms with van der Waals surface area (Å²) in [4.78, 5) is 8.65. The number of nitrogen functional groups attached to an aromatic ring is 1. The molecule has 1 aromatic carbocycles. The lowest BCUT2D eigenvalue weighted by Crippen LogP contribution is -2.08. The number of halogens is 2. The van der Waals surface area contributed by atoms with E-state index in [0.717, 1.165) is 4.47 Å². The highest BCUT2D eigenvalue weighted by Gasteiger charge is 2.13. The molecular weight excluding hydrogens is 323 g/mol. The first kappa shape index (κ1) is 14.7. The van der Waals surface area contributed by atoms with E-state index in [2.05, 4.69) is 31.2 Å². The molecule has 106 valence electrons. The van der Waals surface area contributed by atoms with E-state index in [0.29, 0.717) is 28.7 Å². The van der Waals surface area contributed by atoms with Crippen molar-refractivity contribution in [3.05, 3.63) is 39.9 Å². The zero-order chi connectivity index (χ0) is 14.9. The van der Waals surface area contributed by atoms with Crippen LogP contribution in [-0.2, 0) is 0 Å². The van der Waals surface area contributed by atoms with Gasteiger partial charge in [-0.1, -0.05) is 29.8 Å². The highest BCUT2D eigenvalue weighted by Crippen LogP contribution is 2.27. The maximum atomic E-state index is 13.8. The molecule has 6 heteroatoms. The van der Waals surface area contributed by atoms with E-state index in [1.54, 1.807) is 19.1 Å². The van der Waals surface area contributed by atoms with E-state index in [4.69, 9.17) is 5.73 Å². The molecule has 0 radical (unpaired) electrons. The van der Waals surface area contributed by atoms with Crippen molar-refractivity contribution in [1.82, 2.24) is 9.97 Å². The summed E-state index contributed by atoms with van der Waals surface area (Å²) in [6.07, 6.45) is 0. The van der Waals surface area contributed by atoms with Gasteiger partial charge >= 0.3 is 0 Å². The Labute approximate surface area is 125 Å². The van der Waals surface area contributed by atoms with Crippen LogP contribution < -0.4 is 11.1 Å². The maximum Gasteiger partial charge on any atom is 0.146 e. The number of nitrogens with one attached hydrogen (secondary N) is 1. The van der Waals surface area contributed by atoms with Crippen LogP contribution in [0.4, 0.5) is 21.7 Å². The van der Waals surface area contributed by atoms with Crippen molar-refractivity contribution in [3.63, 3.8) is 0 Å². The highest BCUT2D eigenvalue weighted by atomic mass is 79.9. The van der Waals surface area contributed by atoms with E-state index in [-0.39, 0.29) is 11.7 Å². The predicted octanol–water partition coefficient (Wildman–Crippen LogP) is 4.14. The molecule has 0 amide bonds. The van der Waals surface area contributed by atoms with Gasteiger partial charge in [0.25, 0.3) is 0 Å². The molecule has 0 aliphatic heterocycles. The fourth-order valence-electron chi connectivity index (χ4n) is 1.65. The Morgan fingerprint density at radius 2 is 2.00 bits per heavy atom. The lowest BCUT2D eigenvalue weighted by atomic mass is 10.2. The Kier molecular flexibility index (Phi) is 4.23. The minimum atomic E-state index is -0.351. The zero-order valence-electron chi connectivity index (χ0n) is 11.5. The molecule has 0 saturated heterocycles. The third-order valence-electron chi connectivity index (χ3n) is 2.90. The second-order valence-electron chi connectivity index (χ2n) is 4.84. The first-order chi connectivity index (χ1) is 9.38. The largest absolute Gasteiger partial charge is 0.383 e. The van der Waals surface area contributed by atoms with Gasteiger partial charge in [-0.25, -0.2) is 14.4 Å². The molecule has 0 unspecified atom stereocenters. The SMILES string of the molecule is Cc1c(N)nc(C(C)C)nc1Nc1cc(Br)ccc1F. The Hall–Kier alpha value is -1.69. The first-order valence-corrected chi connectivity index (χ1v) is 7.04. The maximum absolute atomic E-state index is 13.8. The normalized spacial score (nSPS) is 10.9. The third-order valence-corrected chi connectivity index (χ3v) is 3.39. The summed E-state index contributed by atoms with van der Waals surface area (Å²) in [6.45, 7) is 5.76. The molecule has 4 nitrogen and oxygen atoms in total. The number of hydrogen-bond acceptors (Lipinski definition) is 4. The number of anilines is 3. The van der Waals surface area contributed by atoms with Gasteiger partial charge < -0.3 is 11.1 Å². The van der Waals surface area contributed by atoms with E-state index in [1.165, 1.54) is 6.07 Å². The summed E-state index contributed by atoms with van der Waals surface area (Å²) in [6, 6.07) is 4.68. The number of aromatic nitrogens is 2. The van der Waals surface area contributed by atoms with Gasteiger partial charge in [0, 0.05) is 16.0 Å². The molecule has 0 fully saturated rings. The second-order valence-corrected chi connectivity index (χ2v) is 5.76. The number of hydrogen-bond donors (Lipinski definition) is 2. The van der Waals surface area contributed by atoms with Crippen molar-refractivity contribution in [3.8, 4) is 0 Å². The summed E-state index contributed by atoms with van der Waals surface area (Å²) in [5.41, 5.74) is 6.93. The van der Waals surface area contributed by atoms with E-state index < -0.39 is 0 Å². The van der Waals surface area contributed by atoms with Crippen molar-refractivity contribution in [2.75, 3.05) is 11.1 Å². The zero-order valence-corrected chi connectivity index (χ0v) is 13.1. The summed E-state index contributed by atoms with van der Waals surface area (Å²) >= 11 is 3.32. The molecule has 3 N–H and O–H groups in total. The average Bonchev–Trinajstić information content (AvgIpc) is 2.38. The van der Waals surface area contributed by atoms with Crippen molar-refractivity contribution < 1.29 is 4.39 Å². The molecule has 0 spiro atoms. The fourth-order valence-corrected chi connectivity index (χ4v) is 2.01. The van der Waals surface area contributed by atoms with Gasteiger partial charge in [0.1, 0.15) is 23.3 Å². The van der Waals surface area contributed by atoms with Crippen LogP contribution in [0.25, 0.3) is 0 Å². The third kappa shape index (κ3) is 3.07. The first-order valence-electron chi connectivity index (χ1n) is 6.24. The fraction of sp³-hybridized carbons (Fsp3) is 0.286. The van der Waals surface area contributed by atoms with Crippen LogP contribution in [0.5, 0.6) is 0 Å². The standard InChI is InChI=1S/C14H16BrFN4/c1-7(2)13-19-12(17)8(3)14(20-13)18-11-6-9(15)4-5-10(11)16/h4-7H,1-3H3,(H3,17,18,19,20). The average molecular weight is 339 g/mol.